The average Bonchev–Trinajstić information content (AvgIpc) is 3.38. The Labute approximate surface area is 260 Å². The molecule has 14 nitrogen and oxygen atoms in total. The Morgan fingerprint density at radius 3 is 2.09 bits per heavy atom. The molecule has 1 aromatic heterocycles. The van der Waals surface area contributed by atoms with Crippen LogP contribution in [0.4, 0.5) is 4.79 Å². The number of carbonyl (C=O) groups is 1. The number of nitrogens with zero attached hydrogens (tertiary/aromatic N) is 4. The number of hydrogen-bond donors (Lipinski definition) is 2. The lowest BCUT2D eigenvalue weighted by Gasteiger charge is -2.24. The van der Waals surface area contributed by atoms with Crippen molar-refractivity contribution in [2.75, 3.05) is 13.2 Å². The number of hydrogen-bond acceptors (Lipinski definition) is 9. The number of ether oxygens (including phenoxy) is 2. The molecule has 15 heteroatoms. The quantitative estimate of drug-likeness (QED) is 0.0407. The van der Waals surface area contributed by atoms with Crippen molar-refractivity contribution in [1.29, 1.82) is 0 Å². The van der Waals surface area contributed by atoms with Crippen molar-refractivity contribution >= 4 is 13.3 Å². The first-order chi connectivity index (χ1) is 20.7. The summed E-state index contributed by atoms with van der Waals surface area (Å²) in [4.78, 5) is 53.2. The zero-order valence-corrected chi connectivity index (χ0v) is 27.6. The lowest BCUT2D eigenvalue weighted by Crippen LogP contribution is -2.33. The molecule has 1 aromatic rings. The number of quaternary nitrogens is 1. The molecule has 4 atom stereocenters. The number of rotatable bonds is 23. The number of aromatic amines is 1. The number of azide groups is 1. The third-order valence-electron chi connectivity index (χ3n) is 7.72. The summed E-state index contributed by atoms with van der Waals surface area (Å²) < 4.78 is 28.9. The van der Waals surface area contributed by atoms with Gasteiger partial charge in [-0.05, 0) is 18.9 Å². The molecule has 2 heterocycles. The largest absolute Gasteiger partial charge is 0.770 e. The second kappa shape index (κ2) is 22.1. The first-order valence-corrected chi connectivity index (χ1v) is 17.4. The Kier molecular flexibility index (Phi) is 19.9. The number of unbranched alkanes of at least 4 members (excludes halogenated alkanes) is 15. The zero-order valence-electron chi connectivity index (χ0n) is 26.7. The van der Waals surface area contributed by atoms with Crippen LogP contribution in [0.3, 0.4) is 0 Å². The molecule has 0 aromatic carbocycles. The van der Waals surface area contributed by atoms with Crippen molar-refractivity contribution in [2.24, 2.45) is 5.11 Å². The van der Waals surface area contributed by atoms with E-state index in [4.69, 9.17) is 19.5 Å². The molecule has 0 amide bonds. The van der Waals surface area contributed by atoms with E-state index in [1.54, 1.807) is 0 Å². The summed E-state index contributed by atoms with van der Waals surface area (Å²) >= 11 is 0. The highest BCUT2D eigenvalue weighted by atomic mass is 31.2. The van der Waals surface area contributed by atoms with Crippen LogP contribution >= 0.6 is 7.60 Å². The molecule has 2 rings (SSSR count). The molecule has 1 fully saturated rings. The van der Waals surface area contributed by atoms with Gasteiger partial charge in [0.25, 0.3) is 5.56 Å². The van der Waals surface area contributed by atoms with E-state index in [0.29, 0.717) is 6.42 Å². The van der Waals surface area contributed by atoms with Gasteiger partial charge in [-0.15, -0.1) is 0 Å². The molecule has 5 N–H and O–H groups in total. The highest BCUT2D eigenvalue weighted by molar-refractivity contribution is 7.69. The van der Waals surface area contributed by atoms with Crippen LogP contribution in [0, 0.1) is 6.92 Å². The fraction of sp³-hybridized carbons (Fsp3) is 0.828. The van der Waals surface area contributed by atoms with E-state index in [-0.39, 0.29) is 24.7 Å². The van der Waals surface area contributed by atoms with Crippen molar-refractivity contribution in [3.05, 3.63) is 43.0 Å². The minimum absolute atomic E-state index is 0. The Morgan fingerprint density at radius 2 is 1.57 bits per heavy atom. The van der Waals surface area contributed by atoms with Crippen molar-refractivity contribution in [1.82, 2.24) is 15.7 Å². The van der Waals surface area contributed by atoms with Crippen molar-refractivity contribution in [3.63, 3.8) is 0 Å². The molecule has 252 valence electrons. The van der Waals surface area contributed by atoms with Gasteiger partial charge in [-0.2, -0.15) is 0 Å². The van der Waals surface area contributed by atoms with E-state index >= 15 is 0 Å². The van der Waals surface area contributed by atoms with Crippen LogP contribution < -0.4 is 22.3 Å². The van der Waals surface area contributed by atoms with Crippen LogP contribution in [0.5, 0.6) is 0 Å². The van der Waals surface area contributed by atoms with Crippen LogP contribution in [-0.4, -0.2) is 40.6 Å². The molecule has 1 aliphatic heterocycles. The zero-order chi connectivity index (χ0) is 31.5. The van der Waals surface area contributed by atoms with E-state index in [1.807, 2.05) is 0 Å². The fourth-order valence-corrected chi connectivity index (χ4v) is 5.83. The number of nitrogens with one attached hydrogen (secondary N) is 1. The smallest absolute Gasteiger partial charge is 0.377 e. The monoisotopic (exact) mass is 644 g/mol. The third kappa shape index (κ3) is 14.5. The minimum atomic E-state index is -5.03. The summed E-state index contributed by atoms with van der Waals surface area (Å²) in [7, 11) is -5.03. The molecule has 0 aliphatic carbocycles. The normalized spacial score (nSPS) is 19.1. The van der Waals surface area contributed by atoms with E-state index in [2.05, 4.69) is 21.9 Å². The Morgan fingerprint density at radius 1 is 1.05 bits per heavy atom. The van der Waals surface area contributed by atoms with Crippen LogP contribution in [-0.2, 0) is 18.6 Å². The average molecular weight is 645 g/mol. The van der Waals surface area contributed by atoms with Gasteiger partial charge in [-0.3, -0.25) is 18.9 Å². The Balaban J connectivity index is 0.00000968. The summed E-state index contributed by atoms with van der Waals surface area (Å²) in [5.41, 5.74) is 6.41. The Bertz CT molecular complexity index is 1190. The van der Waals surface area contributed by atoms with E-state index in [0.717, 1.165) is 23.8 Å². The summed E-state index contributed by atoms with van der Waals surface area (Å²) in [6, 6.07) is -0.865. The number of aromatic nitrogens is 2. The summed E-state index contributed by atoms with van der Waals surface area (Å²) in [6.07, 6.45) is 18.7. The van der Waals surface area contributed by atoms with Gasteiger partial charge in [0.05, 0.1) is 25.4 Å². The summed E-state index contributed by atoms with van der Waals surface area (Å²) in [6.45, 7) is 3.12. The predicted octanol–water partition coefficient (Wildman–Crippen LogP) is 7.16. The molecule has 4 unspecified atom stereocenters. The first-order valence-electron chi connectivity index (χ1n) is 15.8. The minimum Gasteiger partial charge on any atom is -0.770 e. The van der Waals surface area contributed by atoms with Gasteiger partial charge in [0.1, 0.15) is 6.23 Å². The predicted molar refractivity (Wildman–Crippen MR) is 168 cm³/mol. The maximum absolute atomic E-state index is 12.3. The van der Waals surface area contributed by atoms with Crippen LogP contribution in [0.1, 0.15) is 128 Å². The molecule has 0 radical (unpaired) electrons. The second-order valence-corrected chi connectivity index (χ2v) is 12.9. The molecule has 0 spiro atoms. The van der Waals surface area contributed by atoms with Crippen molar-refractivity contribution in [3.8, 4) is 0 Å². The highest BCUT2D eigenvalue weighted by Gasteiger charge is 2.38. The molecule has 0 bridgehead atoms. The lowest BCUT2D eigenvalue weighted by atomic mass is 10.0. The molecular formula is C29H53N6O8P. The third-order valence-corrected chi connectivity index (χ3v) is 8.78. The number of aryl methyl sites for hydroxylation is 1. The summed E-state index contributed by atoms with van der Waals surface area (Å²) in [5.74, 6) is 0. The van der Waals surface area contributed by atoms with Gasteiger partial charge >= 0.3 is 11.4 Å². The number of carbonyl (C=O) groups excluding carboxylic acids is 1. The van der Waals surface area contributed by atoms with Crippen molar-refractivity contribution in [2.45, 2.75) is 141 Å². The fourth-order valence-electron chi connectivity index (χ4n) is 5.14. The van der Waals surface area contributed by atoms with E-state index in [9.17, 15) is 23.8 Å². The van der Waals surface area contributed by atoms with Gasteiger partial charge in [0, 0.05) is 23.1 Å². The molecule has 0 saturated carbocycles. The highest BCUT2D eigenvalue weighted by Crippen LogP contribution is 2.41. The van der Waals surface area contributed by atoms with Crippen molar-refractivity contribution < 1.29 is 28.3 Å². The maximum atomic E-state index is 12.3. The molecule has 1 aliphatic rings. The van der Waals surface area contributed by atoms with Gasteiger partial charge < -0.3 is 25.0 Å². The lowest BCUT2D eigenvalue weighted by molar-refractivity contribution is -0.198. The second-order valence-electron chi connectivity index (χ2n) is 11.3. The van der Waals surface area contributed by atoms with Gasteiger partial charge in [-0.25, -0.2) is 9.59 Å². The van der Waals surface area contributed by atoms with Gasteiger partial charge in [-0.1, -0.05) is 108 Å². The first kappa shape index (κ1) is 39.6. The summed E-state index contributed by atoms with van der Waals surface area (Å²) in [5, 5.41) is 3.60. The standard InChI is InChI=1S/C29H50N5O8P.H3N/c1-3-4-5-6-7-8-9-10-11-12-13-14-15-16-17-18-19-40-29(37)43(38,39)41-22-25-24(32-33-30)20-26(42-25)34-21-23(2)27(35)31-28(34)36;/h21,24-26H,3-20,22H2,1-2H3,(H,38,39)(H,31,35,36);1H3. The van der Waals surface area contributed by atoms with E-state index in [1.165, 1.54) is 90.2 Å². The molecular weight excluding hydrogens is 591 g/mol. The topological polar surface area (TPSA) is 225 Å². The van der Waals surface area contributed by atoms with E-state index < -0.39 is 49.5 Å². The van der Waals surface area contributed by atoms with Gasteiger partial charge in [0.2, 0.25) is 7.60 Å². The van der Waals surface area contributed by atoms with Crippen LogP contribution in [0.25, 0.3) is 10.4 Å². The van der Waals surface area contributed by atoms with Crippen LogP contribution in [0.15, 0.2) is 20.9 Å². The SMILES string of the molecule is CCCCCCCCCCCCCCCCCCOC(=O)P(=O)([O-])OCC1OC(n2cc(C)c(=O)[nH]c2=O)CC1N=[N+]=[N-].[NH4+]. The maximum Gasteiger partial charge on any atom is 0.377 e. The number of H-pyrrole nitrogens is 1. The molecule has 44 heavy (non-hydrogen) atoms. The Hall–Kier alpha value is -2.47. The van der Waals surface area contributed by atoms with Gasteiger partial charge in [0.15, 0.2) is 0 Å². The van der Waals surface area contributed by atoms with Crippen LogP contribution in [0.2, 0.25) is 0 Å². The molecule has 1 saturated heterocycles.